The van der Waals surface area contributed by atoms with E-state index in [4.69, 9.17) is 4.52 Å². The summed E-state index contributed by atoms with van der Waals surface area (Å²) in [6.45, 7) is 6.17. The van der Waals surface area contributed by atoms with Crippen molar-refractivity contribution in [2.45, 2.75) is 20.4 Å². The number of hydrogen-bond donors (Lipinski definition) is 1. The normalized spacial score (nSPS) is 23.9. The van der Waals surface area contributed by atoms with E-state index in [2.05, 4.69) is 17.4 Å². The molecule has 2 rings (SSSR count). The Morgan fingerprint density at radius 2 is 2.41 bits per heavy atom. The molecule has 94 valence electrons. The number of hydrogen-bond acceptors (Lipinski definition) is 4. The highest BCUT2D eigenvalue weighted by Gasteiger charge is 2.31. The Hall–Kier alpha value is -1.36. The summed E-state index contributed by atoms with van der Waals surface area (Å²) >= 11 is 0. The van der Waals surface area contributed by atoms with Crippen LogP contribution in [0.5, 0.6) is 0 Å². The molecule has 2 atom stereocenters. The Morgan fingerprint density at radius 1 is 1.65 bits per heavy atom. The monoisotopic (exact) mass is 237 g/mol. The topological polar surface area (TPSA) is 58.4 Å². The number of amides is 1. The van der Waals surface area contributed by atoms with Crippen LogP contribution in [0.25, 0.3) is 0 Å². The van der Waals surface area contributed by atoms with E-state index in [1.807, 2.05) is 20.0 Å². The minimum Gasteiger partial charge on any atom is -0.361 e. The fraction of sp³-hybridized carbons (Fsp3) is 0.667. The molecule has 0 radical (unpaired) electrons. The molecule has 1 aromatic rings. The molecule has 17 heavy (non-hydrogen) atoms. The Morgan fingerprint density at radius 3 is 2.94 bits per heavy atom. The molecule has 2 heterocycles. The fourth-order valence-corrected chi connectivity index (χ4v) is 2.24. The largest absolute Gasteiger partial charge is 0.361 e. The third kappa shape index (κ3) is 2.66. The third-order valence-corrected chi connectivity index (χ3v) is 3.29. The SMILES string of the molecule is Cc1cc(CN(C)C(=O)[C@@H]2CNC[C@H]2C)no1. The van der Waals surface area contributed by atoms with Crippen LogP contribution in [0.4, 0.5) is 0 Å². The van der Waals surface area contributed by atoms with Gasteiger partial charge < -0.3 is 14.7 Å². The van der Waals surface area contributed by atoms with Crippen LogP contribution in [0.1, 0.15) is 18.4 Å². The van der Waals surface area contributed by atoms with Crippen molar-refractivity contribution in [2.24, 2.45) is 11.8 Å². The van der Waals surface area contributed by atoms with Crippen LogP contribution < -0.4 is 5.32 Å². The van der Waals surface area contributed by atoms with Gasteiger partial charge in [-0.3, -0.25) is 4.79 Å². The molecule has 0 spiro atoms. The zero-order valence-electron chi connectivity index (χ0n) is 10.6. The van der Waals surface area contributed by atoms with Gasteiger partial charge in [-0.05, 0) is 19.4 Å². The first kappa shape index (κ1) is 12.1. The van der Waals surface area contributed by atoms with Gasteiger partial charge in [0.1, 0.15) is 11.5 Å². The minimum atomic E-state index is 0.0907. The smallest absolute Gasteiger partial charge is 0.227 e. The first-order chi connectivity index (χ1) is 8.08. The molecule has 5 nitrogen and oxygen atoms in total. The molecule has 1 amide bonds. The van der Waals surface area contributed by atoms with Gasteiger partial charge in [0, 0.05) is 19.7 Å². The van der Waals surface area contributed by atoms with Crippen molar-refractivity contribution < 1.29 is 9.32 Å². The van der Waals surface area contributed by atoms with Gasteiger partial charge in [-0.1, -0.05) is 12.1 Å². The van der Waals surface area contributed by atoms with E-state index >= 15 is 0 Å². The number of nitrogens with one attached hydrogen (secondary N) is 1. The van der Waals surface area contributed by atoms with Crippen molar-refractivity contribution in [1.29, 1.82) is 0 Å². The molecule has 0 aliphatic carbocycles. The quantitative estimate of drug-likeness (QED) is 0.844. The van der Waals surface area contributed by atoms with Crippen LogP contribution >= 0.6 is 0 Å². The molecular formula is C12H19N3O2. The van der Waals surface area contributed by atoms with Crippen molar-refractivity contribution >= 4 is 5.91 Å². The lowest BCUT2D eigenvalue weighted by Gasteiger charge is -2.21. The second kappa shape index (κ2) is 4.87. The highest BCUT2D eigenvalue weighted by atomic mass is 16.5. The summed E-state index contributed by atoms with van der Waals surface area (Å²) in [7, 11) is 1.82. The van der Waals surface area contributed by atoms with E-state index < -0.39 is 0 Å². The van der Waals surface area contributed by atoms with E-state index in [0.717, 1.165) is 24.5 Å². The Bertz CT molecular complexity index is 402. The number of carbonyl (C=O) groups excluding carboxylic acids is 1. The Kier molecular flexibility index (Phi) is 3.47. The number of nitrogens with zero attached hydrogens (tertiary/aromatic N) is 2. The van der Waals surface area contributed by atoms with Gasteiger partial charge in [-0.2, -0.15) is 0 Å². The molecule has 1 saturated heterocycles. The molecule has 1 fully saturated rings. The van der Waals surface area contributed by atoms with Crippen LogP contribution in [0.15, 0.2) is 10.6 Å². The van der Waals surface area contributed by atoms with Gasteiger partial charge in [0.25, 0.3) is 0 Å². The molecule has 1 aromatic heterocycles. The predicted molar refractivity (Wildman–Crippen MR) is 63.2 cm³/mol. The molecule has 5 heteroatoms. The summed E-state index contributed by atoms with van der Waals surface area (Å²) in [4.78, 5) is 13.9. The predicted octanol–water partition coefficient (Wildman–Crippen LogP) is 0.797. The zero-order chi connectivity index (χ0) is 12.4. The summed E-state index contributed by atoms with van der Waals surface area (Å²) < 4.78 is 4.99. The maximum absolute atomic E-state index is 12.2. The molecule has 0 saturated carbocycles. The minimum absolute atomic E-state index is 0.0907. The lowest BCUT2D eigenvalue weighted by molar-refractivity contribution is -0.135. The van der Waals surface area contributed by atoms with Crippen molar-refractivity contribution in [1.82, 2.24) is 15.4 Å². The summed E-state index contributed by atoms with van der Waals surface area (Å²) in [5.41, 5.74) is 0.803. The first-order valence-corrected chi connectivity index (χ1v) is 5.96. The van der Waals surface area contributed by atoms with Crippen LogP contribution in [0, 0.1) is 18.8 Å². The summed E-state index contributed by atoms with van der Waals surface area (Å²) in [5.74, 6) is 1.46. The van der Waals surface area contributed by atoms with Crippen molar-refractivity contribution in [3.63, 3.8) is 0 Å². The fourth-order valence-electron chi connectivity index (χ4n) is 2.24. The van der Waals surface area contributed by atoms with E-state index in [9.17, 15) is 4.79 Å². The van der Waals surface area contributed by atoms with Crippen LogP contribution in [0.3, 0.4) is 0 Å². The molecule has 1 aliphatic rings. The number of rotatable bonds is 3. The number of aryl methyl sites for hydroxylation is 1. The van der Waals surface area contributed by atoms with E-state index in [1.54, 1.807) is 4.90 Å². The second-order valence-electron chi connectivity index (χ2n) is 4.87. The summed E-state index contributed by atoms with van der Waals surface area (Å²) in [6.07, 6.45) is 0. The third-order valence-electron chi connectivity index (χ3n) is 3.29. The van der Waals surface area contributed by atoms with E-state index in [-0.39, 0.29) is 11.8 Å². The standard InChI is InChI=1S/C12H19N3O2/c1-8-5-13-6-11(8)12(16)15(3)7-10-4-9(2)17-14-10/h4,8,11,13H,5-7H2,1-3H3/t8-,11-/m1/s1. The highest BCUT2D eigenvalue weighted by Crippen LogP contribution is 2.19. The highest BCUT2D eigenvalue weighted by molar-refractivity contribution is 5.79. The maximum atomic E-state index is 12.2. The molecule has 1 N–H and O–H groups in total. The first-order valence-electron chi connectivity index (χ1n) is 5.96. The van der Waals surface area contributed by atoms with Crippen LogP contribution in [-0.4, -0.2) is 36.1 Å². The lowest BCUT2D eigenvalue weighted by Crippen LogP contribution is -2.35. The second-order valence-corrected chi connectivity index (χ2v) is 4.87. The van der Waals surface area contributed by atoms with Crippen LogP contribution in [-0.2, 0) is 11.3 Å². The van der Waals surface area contributed by atoms with Gasteiger partial charge in [0.15, 0.2) is 0 Å². The van der Waals surface area contributed by atoms with E-state index in [0.29, 0.717) is 12.5 Å². The maximum Gasteiger partial charge on any atom is 0.227 e. The number of aromatic nitrogens is 1. The molecular weight excluding hydrogens is 218 g/mol. The van der Waals surface area contributed by atoms with Gasteiger partial charge in [0.05, 0.1) is 12.5 Å². The van der Waals surface area contributed by atoms with Gasteiger partial charge in [-0.25, -0.2) is 0 Å². The van der Waals surface area contributed by atoms with Crippen molar-refractivity contribution in [3.8, 4) is 0 Å². The summed E-state index contributed by atoms with van der Waals surface area (Å²) in [5, 5.41) is 7.14. The van der Waals surface area contributed by atoms with E-state index in [1.165, 1.54) is 0 Å². The van der Waals surface area contributed by atoms with Gasteiger partial charge in [0.2, 0.25) is 5.91 Å². The van der Waals surface area contributed by atoms with Gasteiger partial charge >= 0.3 is 0 Å². The summed E-state index contributed by atoms with van der Waals surface area (Å²) in [6, 6.07) is 1.86. The molecule has 1 aliphatic heterocycles. The number of carbonyl (C=O) groups is 1. The van der Waals surface area contributed by atoms with Crippen molar-refractivity contribution in [2.75, 3.05) is 20.1 Å². The van der Waals surface area contributed by atoms with Gasteiger partial charge in [-0.15, -0.1) is 0 Å². The zero-order valence-corrected chi connectivity index (χ0v) is 10.6. The molecule has 0 aromatic carbocycles. The Balaban J connectivity index is 1.95. The average molecular weight is 237 g/mol. The average Bonchev–Trinajstić information content (AvgIpc) is 2.86. The molecule has 0 unspecified atom stereocenters. The lowest BCUT2D eigenvalue weighted by atomic mass is 9.97. The Labute approximate surface area is 101 Å². The van der Waals surface area contributed by atoms with Crippen LogP contribution in [0.2, 0.25) is 0 Å². The molecule has 0 bridgehead atoms. The van der Waals surface area contributed by atoms with Crippen molar-refractivity contribution in [3.05, 3.63) is 17.5 Å².